The second-order valence-electron chi connectivity index (χ2n) is 4.47. The minimum absolute atomic E-state index is 0.562. The van der Waals surface area contributed by atoms with Crippen molar-refractivity contribution in [3.63, 3.8) is 0 Å². The molecule has 1 fully saturated rings. The summed E-state index contributed by atoms with van der Waals surface area (Å²) < 4.78 is 0. The molecule has 88 valence electrons. The highest BCUT2D eigenvalue weighted by Crippen LogP contribution is 2.22. The summed E-state index contributed by atoms with van der Waals surface area (Å²) in [7, 11) is 2.03. The van der Waals surface area contributed by atoms with Crippen LogP contribution in [-0.2, 0) is 0 Å². The van der Waals surface area contributed by atoms with Crippen LogP contribution < -0.4 is 10.2 Å². The first-order valence-corrected chi connectivity index (χ1v) is 6.00. The van der Waals surface area contributed by atoms with E-state index in [1.807, 2.05) is 25.5 Å². The molecule has 1 aromatic heterocycles. The Kier molecular flexibility index (Phi) is 3.72. The molecule has 2 unspecified atom stereocenters. The Morgan fingerprint density at radius 1 is 1.44 bits per heavy atom. The average molecular weight is 220 g/mol. The number of nitrogens with zero attached hydrogens (tertiary/aromatic N) is 3. The summed E-state index contributed by atoms with van der Waals surface area (Å²) in [4.78, 5) is 10.9. The van der Waals surface area contributed by atoms with E-state index in [1.54, 1.807) is 0 Å². The Bertz CT molecular complexity index is 314. The molecule has 0 bridgehead atoms. The standard InChI is InChI=1S/C12H20N4/c1-10(13-2)11-5-3-8-16(9-11)12-14-6-4-7-15-12/h4,6-7,10-11,13H,3,5,8-9H2,1-2H3. The summed E-state index contributed by atoms with van der Waals surface area (Å²) >= 11 is 0. The molecule has 0 amide bonds. The maximum atomic E-state index is 4.32. The highest BCUT2D eigenvalue weighted by atomic mass is 15.3. The molecule has 2 atom stereocenters. The van der Waals surface area contributed by atoms with Crippen molar-refractivity contribution in [3.8, 4) is 0 Å². The van der Waals surface area contributed by atoms with E-state index in [0.29, 0.717) is 12.0 Å². The molecule has 0 radical (unpaired) electrons. The van der Waals surface area contributed by atoms with Crippen LogP contribution in [0.25, 0.3) is 0 Å². The van der Waals surface area contributed by atoms with Gasteiger partial charge in [0.1, 0.15) is 0 Å². The fourth-order valence-electron chi connectivity index (χ4n) is 2.29. The van der Waals surface area contributed by atoms with Gasteiger partial charge in [-0.25, -0.2) is 9.97 Å². The molecule has 1 aliphatic heterocycles. The Hall–Kier alpha value is -1.16. The van der Waals surface area contributed by atoms with Crippen LogP contribution in [0.4, 0.5) is 5.95 Å². The fourth-order valence-corrected chi connectivity index (χ4v) is 2.29. The number of piperidine rings is 1. The van der Waals surface area contributed by atoms with Crippen LogP contribution in [0.3, 0.4) is 0 Å². The third kappa shape index (κ3) is 2.50. The van der Waals surface area contributed by atoms with Crippen molar-refractivity contribution in [2.75, 3.05) is 25.0 Å². The quantitative estimate of drug-likeness (QED) is 0.833. The van der Waals surface area contributed by atoms with Gasteiger partial charge in [0.25, 0.3) is 0 Å². The molecule has 1 aliphatic rings. The zero-order valence-electron chi connectivity index (χ0n) is 10.1. The number of rotatable bonds is 3. The predicted molar refractivity (Wildman–Crippen MR) is 65.5 cm³/mol. The Labute approximate surface area is 97.1 Å². The molecule has 1 aromatic rings. The molecule has 2 rings (SSSR count). The lowest BCUT2D eigenvalue weighted by molar-refractivity contribution is 0.331. The van der Waals surface area contributed by atoms with Gasteiger partial charge in [-0.05, 0) is 38.8 Å². The molecule has 1 N–H and O–H groups in total. The summed E-state index contributed by atoms with van der Waals surface area (Å²) in [6, 6.07) is 2.42. The zero-order chi connectivity index (χ0) is 11.4. The van der Waals surface area contributed by atoms with Crippen LogP contribution in [0.2, 0.25) is 0 Å². The Morgan fingerprint density at radius 2 is 2.19 bits per heavy atom. The van der Waals surface area contributed by atoms with Crippen LogP contribution in [0.15, 0.2) is 18.5 Å². The minimum Gasteiger partial charge on any atom is -0.340 e. The lowest BCUT2D eigenvalue weighted by atomic mass is 9.92. The first-order valence-electron chi connectivity index (χ1n) is 6.00. The monoisotopic (exact) mass is 220 g/mol. The summed E-state index contributed by atoms with van der Waals surface area (Å²) in [5, 5.41) is 3.34. The first-order chi connectivity index (χ1) is 7.81. The molecule has 4 heteroatoms. The lowest BCUT2D eigenvalue weighted by Crippen LogP contribution is -2.44. The van der Waals surface area contributed by atoms with Crippen molar-refractivity contribution in [3.05, 3.63) is 18.5 Å². The van der Waals surface area contributed by atoms with Crippen LogP contribution in [0.5, 0.6) is 0 Å². The van der Waals surface area contributed by atoms with Gasteiger partial charge in [0.2, 0.25) is 5.95 Å². The maximum absolute atomic E-state index is 4.32. The molecule has 2 heterocycles. The predicted octanol–water partition coefficient (Wildman–Crippen LogP) is 1.30. The molecule has 16 heavy (non-hydrogen) atoms. The Morgan fingerprint density at radius 3 is 2.88 bits per heavy atom. The Balaban J connectivity index is 2.02. The van der Waals surface area contributed by atoms with Crippen molar-refractivity contribution in [2.45, 2.75) is 25.8 Å². The first kappa shape index (κ1) is 11.3. The van der Waals surface area contributed by atoms with Gasteiger partial charge in [0.15, 0.2) is 0 Å². The van der Waals surface area contributed by atoms with Gasteiger partial charge in [-0.1, -0.05) is 0 Å². The molecule has 4 nitrogen and oxygen atoms in total. The topological polar surface area (TPSA) is 41.0 Å². The van der Waals surface area contributed by atoms with Gasteiger partial charge in [-0.15, -0.1) is 0 Å². The zero-order valence-corrected chi connectivity index (χ0v) is 10.1. The third-order valence-electron chi connectivity index (χ3n) is 3.46. The molecule has 0 aliphatic carbocycles. The smallest absolute Gasteiger partial charge is 0.225 e. The largest absolute Gasteiger partial charge is 0.340 e. The minimum atomic E-state index is 0.562. The highest BCUT2D eigenvalue weighted by molar-refractivity contribution is 5.29. The normalized spacial score (nSPS) is 23.1. The number of aromatic nitrogens is 2. The molecule has 0 saturated carbocycles. The summed E-state index contributed by atoms with van der Waals surface area (Å²) in [6.07, 6.45) is 6.15. The van der Waals surface area contributed by atoms with Gasteiger partial charge >= 0.3 is 0 Å². The van der Waals surface area contributed by atoms with Crippen molar-refractivity contribution in [1.29, 1.82) is 0 Å². The third-order valence-corrected chi connectivity index (χ3v) is 3.46. The van der Waals surface area contributed by atoms with E-state index in [0.717, 1.165) is 19.0 Å². The molecule has 0 spiro atoms. The van der Waals surface area contributed by atoms with Crippen LogP contribution in [0, 0.1) is 5.92 Å². The summed E-state index contributed by atoms with van der Waals surface area (Å²) in [5.74, 6) is 1.57. The van der Waals surface area contributed by atoms with E-state index in [2.05, 4.69) is 27.1 Å². The molecule has 0 aromatic carbocycles. The van der Waals surface area contributed by atoms with E-state index in [9.17, 15) is 0 Å². The van der Waals surface area contributed by atoms with Crippen molar-refractivity contribution in [2.24, 2.45) is 5.92 Å². The molecular formula is C12H20N4. The number of hydrogen-bond acceptors (Lipinski definition) is 4. The second-order valence-corrected chi connectivity index (χ2v) is 4.47. The second kappa shape index (κ2) is 5.25. The van der Waals surface area contributed by atoms with Gasteiger partial charge in [0.05, 0.1) is 0 Å². The van der Waals surface area contributed by atoms with Crippen molar-refractivity contribution < 1.29 is 0 Å². The number of nitrogens with one attached hydrogen (secondary N) is 1. The van der Waals surface area contributed by atoms with E-state index in [4.69, 9.17) is 0 Å². The van der Waals surface area contributed by atoms with E-state index < -0.39 is 0 Å². The number of hydrogen-bond donors (Lipinski definition) is 1. The maximum Gasteiger partial charge on any atom is 0.225 e. The highest BCUT2D eigenvalue weighted by Gasteiger charge is 2.24. The van der Waals surface area contributed by atoms with Gasteiger partial charge in [-0.2, -0.15) is 0 Å². The van der Waals surface area contributed by atoms with Crippen molar-refractivity contribution >= 4 is 5.95 Å². The summed E-state index contributed by atoms with van der Waals surface area (Å²) in [6.45, 7) is 4.39. The molecular weight excluding hydrogens is 200 g/mol. The fraction of sp³-hybridized carbons (Fsp3) is 0.667. The van der Waals surface area contributed by atoms with Crippen molar-refractivity contribution in [1.82, 2.24) is 15.3 Å². The summed E-state index contributed by atoms with van der Waals surface area (Å²) in [5.41, 5.74) is 0. The van der Waals surface area contributed by atoms with Gasteiger partial charge in [-0.3, -0.25) is 0 Å². The molecule has 1 saturated heterocycles. The van der Waals surface area contributed by atoms with Gasteiger partial charge < -0.3 is 10.2 Å². The van der Waals surface area contributed by atoms with Gasteiger partial charge in [0, 0.05) is 31.5 Å². The average Bonchev–Trinajstić information content (AvgIpc) is 2.39. The van der Waals surface area contributed by atoms with Crippen LogP contribution in [-0.4, -0.2) is 36.1 Å². The lowest BCUT2D eigenvalue weighted by Gasteiger charge is -2.35. The van der Waals surface area contributed by atoms with Crippen LogP contribution in [0.1, 0.15) is 19.8 Å². The van der Waals surface area contributed by atoms with E-state index in [-0.39, 0.29) is 0 Å². The van der Waals surface area contributed by atoms with E-state index >= 15 is 0 Å². The number of anilines is 1. The van der Waals surface area contributed by atoms with Crippen LogP contribution >= 0.6 is 0 Å². The van der Waals surface area contributed by atoms with E-state index in [1.165, 1.54) is 12.8 Å². The SMILES string of the molecule is CNC(C)C1CCCN(c2ncccn2)C1.